The molecule has 0 saturated carbocycles. The average Bonchev–Trinajstić information content (AvgIpc) is 2.28. The minimum absolute atomic E-state index is 0.495. The second-order valence-corrected chi connectivity index (χ2v) is 4.64. The Kier molecular flexibility index (Phi) is 5.87. The van der Waals surface area contributed by atoms with Gasteiger partial charge in [-0.2, -0.15) is 0 Å². The molecule has 0 aliphatic carbocycles. The van der Waals surface area contributed by atoms with Crippen LogP contribution in [0.4, 0.5) is 0 Å². The van der Waals surface area contributed by atoms with Crippen molar-refractivity contribution in [3.63, 3.8) is 0 Å². The summed E-state index contributed by atoms with van der Waals surface area (Å²) in [5.74, 6) is 1.52. The highest BCUT2D eigenvalue weighted by Crippen LogP contribution is 2.35. The van der Waals surface area contributed by atoms with E-state index in [0.717, 1.165) is 20.4 Å². The summed E-state index contributed by atoms with van der Waals surface area (Å²) in [4.78, 5) is 0. The predicted octanol–water partition coefficient (Wildman–Crippen LogP) is 3.11. The van der Waals surface area contributed by atoms with Crippen LogP contribution in [-0.4, -0.2) is 20.3 Å². The van der Waals surface area contributed by atoms with Crippen molar-refractivity contribution in [3.05, 3.63) is 33.2 Å². The van der Waals surface area contributed by atoms with Crippen LogP contribution in [0.2, 0.25) is 0 Å². The first-order chi connectivity index (χ1) is 7.69. The lowest BCUT2D eigenvalue weighted by atomic mass is 10.3. The molecule has 0 atom stereocenters. The maximum atomic E-state index is 5.54. The van der Waals surface area contributed by atoms with Gasteiger partial charge in [0.1, 0.15) is 18.1 Å². The number of rotatable bonds is 5. The summed E-state index contributed by atoms with van der Waals surface area (Å²) in [5, 5.41) is 0. The van der Waals surface area contributed by atoms with Crippen molar-refractivity contribution >= 4 is 31.9 Å². The zero-order chi connectivity index (χ0) is 12.0. The smallest absolute Gasteiger partial charge is 0.135 e. The average molecular weight is 351 g/mol. The van der Waals surface area contributed by atoms with Gasteiger partial charge in [-0.15, -0.1) is 0 Å². The normalized spacial score (nSPS) is 10.8. The van der Waals surface area contributed by atoms with E-state index in [9.17, 15) is 0 Å². The van der Waals surface area contributed by atoms with Crippen LogP contribution < -0.4 is 15.2 Å². The summed E-state index contributed by atoms with van der Waals surface area (Å²) in [7, 11) is 1.62. The number of benzene rings is 1. The van der Waals surface area contributed by atoms with Crippen molar-refractivity contribution in [2.24, 2.45) is 5.73 Å². The minimum atomic E-state index is 0.495. The fraction of sp³-hybridized carbons (Fsp3) is 0.273. The maximum absolute atomic E-state index is 5.54. The van der Waals surface area contributed by atoms with E-state index in [4.69, 9.17) is 15.2 Å². The summed E-state index contributed by atoms with van der Waals surface area (Å²) < 4.78 is 12.4. The molecule has 5 heteroatoms. The fourth-order valence-corrected chi connectivity index (χ4v) is 2.00. The monoisotopic (exact) mass is 349 g/mol. The molecule has 16 heavy (non-hydrogen) atoms. The molecule has 0 spiro atoms. The lowest BCUT2D eigenvalue weighted by molar-refractivity contribution is 0.357. The van der Waals surface area contributed by atoms with Crippen molar-refractivity contribution in [2.75, 3.05) is 20.3 Å². The molecule has 0 fully saturated rings. The molecule has 0 aliphatic heterocycles. The van der Waals surface area contributed by atoms with Crippen LogP contribution in [0.3, 0.4) is 0 Å². The van der Waals surface area contributed by atoms with Crippen molar-refractivity contribution in [1.82, 2.24) is 0 Å². The van der Waals surface area contributed by atoms with Crippen molar-refractivity contribution in [3.8, 4) is 11.5 Å². The molecule has 0 heterocycles. The quantitative estimate of drug-likeness (QED) is 0.830. The zero-order valence-electron chi connectivity index (χ0n) is 8.87. The fourth-order valence-electron chi connectivity index (χ4n) is 1.08. The standard InChI is InChI=1S/C11H13Br2NO2/c1-15-10-6-9(13)11(7-8(10)12)16-5-3-2-4-14/h2-3,6-7H,4-5,14H2,1H3. The second-order valence-electron chi connectivity index (χ2n) is 2.94. The first-order valence-electron chi connectivity index (χ1n) is 4.70. The van der Waals surface area contributed by atoms with E-state index in [1.165, 1.54) is 0 Å². The Balaban J connectivity index is 2.73. The third-order valence-electron chi connectivity index (χ3n) is 1.84. The molecule has 0 aliphatic rings. The van der Waals surface area contributed by atoms with Crippen molar-refractivity contribution in [2.45, 2.75) is 0 Å². The Bertz CT molecular complexity index is 380. The molecule has 0 saturated heterocycles. The van der Waals surface area contributed by atoms with Crippen molar-refractivity contribution < 1.29 is 9.47 Å². The van der Waals surface area contributed by atoms with Gasteiger partial charge in [0.25, 0.3) is 0 Å². The lowest BCUT2D eigenvalue weighted by Crippen LogP contribution is -1.98. The topological polar surface area (TPSA) is 44.5 Å². The highest BCUT2D eigenvalue weighted by Gasteiger charge is 2.07. The summed E-state index contributed by atoms with van der Waals surface area (Å²) in [6.45, 7) is 1.02. The molecule has 0 radical (unpaired) electrons. The molecule has 1 aromatic carbocycles. The number of methoxy groups -OCH3 is 1. The summed E-state index contributed by atoms with van der Waals surface area (Å²) >= 11 is 6.82. The first kappa shape index (κ1) is 13.5. The third-order valence-corrected chi connectivity index (χ3v) is 3.08. The minimum Gasteiger partial charge on any atom is -0.496 e. The third kappa shape index (κ3) is 3.81. The molecule has 1 rings (SSSR count). The van der Waals surface area contributed by atoms with Crippen LogP contribution in [-0.2, 0) is 0 Å². The van der Waals surface area contributed by atoms with E-state index in [1.54, 1.807) is 7.11 Å². The van der Waals surface area contributed by atoms with Crippen LogP contribution >= 0.6 is 31.9 Å². The molecule has 0 unspecified atom stereocenters. The van der Waals surface area contributed by atoms with Gasteiger partial charge in [0, 0.05) is 6.54 Å². The summed E-state index contributed by atoms with van der Waals surface area (Å²) in [6.07, 6.45) is 3.73. The van der Waals surface area contributed by atoms with E-state index in [2.05, 4.69) is 31.9 Å². The highest BCUT2D eigenvalue weighted by atomic mass is 79.9. The molecule has 2 N–H and O–H groups in total. The van der Waals surface area contributed by atoms with Gasteiger partial charge in [0.15, 0.2) is 0 Å². The van der Waals surface area contributed by atoms with Crippen LogP contribution in [0.5, 0.6) is 11.5 Å². The van der Waals surface area contributed by atoms with Crippen LogP contribution in [0.1, 0.15) is 0 Å². The maximum Gasteiger partial charge on any atom is 0.135 e. The number of nitrogens with two attached hydrogens (primary N) is 1. The van der Waals surface area contributed by atoms with Gasteiger partial charge < -0.3 is 15.2 Å². The second kappa shape index (κ2) is 6.93. The number of hydrogen-bond donors (Lipinski definition) is 1. The molecular weight excluding hydrogens is 338 g/mol. The number of halogens is 2. The van der Waals surface area contributed by atoms with Gasteiger partial charge >= 0.3 is 0 Å². The Labute approximate surface area is 112 Å². The summed E-state index contributed by atoms with van der Waals surface area (Å²) in [6, 6.07) is 3.71. The van der Waals surface area contributed by atoms with Gasteiger partial charge in [-0.1, -0.05) is 12.2 Å². The van der Waals surface area contributed by atoms with Gasteiger partial charge in [0.05, 0.1) is 16.1 Å². The first-order valence-corrected chi connectivity index (χ1v) is 6.28. The predicted molar refractivity (Wildman–Crippen MR) is 72.1 cm³/mol. The molecule has 3 nitrogen and oxygen atoms in total. The lowest BCUT2D eigenvalue weighted by Gasteiger charge is -2.09. The molecule has 0 bridgehead atoms. The Morgan fingerprint density at radius 1 is 1.19 bits per heavy atom. The number of hydrogen-bond acceptors (Lipinski definition) is 3. The van der Waals surface area contributed by atoms with Crippen LogP contribution in [0, 0.1) is 0 Å². The van der Waals surface area contributed by atoms with E-state index >= 15 is 0 Å². The molecule has 88 valence electrons. The van der Waals surface area contributed by atoms with Gasteiger partial charge in [-0.25, -0.2) is 0 Å². The molecule has 1 aromatic rings. The summed E-state index contributed by atoms with van der Waals surface area (Å²) in [5.41, 5.74) is 5.32. The Morgan fingerprint density at radius 3 is 2.44 bits per heavy atom. The van der Waals surface area contributed by atoms with Crippen LogP contribution in [0.15, 0.2) is 33.2 Å². The van der Waals surface area contributed by atoms with E-state index in [0.29, 0.717) is 13.2 Å². The molecule has 0 aromatic heterocycles. The van der Waals surface area contributed by atoms with Gasteiger partial charge in [-0.3, -0.25) is 0 Å². The number of ether oxygens (including phenoxy) is 2. The Morgan fingerprint density at radius 2 is 1.81 bits per heavy atom. The largest absolute Gasteiger partial charge is 0.496 e. The van der Waals surface area contributed by atoms with Gasteiger partial charge in [0.2, 0.25) is 0 Å². The zero-order valence-corrected chi connectivity index (χ0v) is 12.0. The van der Waals surface area contributed by atoms with Gasteiger partial charge in [-0.05, 0) is 44.0 Å². The van der Waals surface area contributed by atoms with Crippen LogP contribution in [0.25, 0.3) is 0 Å². The van der Waals surface area contributed by atoms with Crippen molar-refractivity contribution in [1.29, 1.82) is 0 Å². The highest BCUT2D eigenvalue weighted by molar-refractivity contribution is 9.11. The van der Waals surface area contributed by atoms with E-state index in [1.807, 2.05) is 24.3 Å². The van der Waals surface area contributed by atoms with E-state index < -0.39 is 0 Å². The molecular formula is C11H13Br2NO2. The van der Waals surface area contributed by atoms with E-state index in [-0.39, 0.29) is 0 Å². The Hall–Kier alpha value is -0.520. The SMILES string of the molecule is COc1cc(Br)c(OCC=CCN)cc1Br. The molecule has 0 amide bonds.